The standard InChI is InChI=1S/CH4O4S/c1-3-6(2)4-5-6/h2H,1H3. The van der Waals surface area contributed by atoms with Crippen LogP contribution in [0.25, 0.3) is 0 Å². The number of hydrogen-bond donors (Lipinski definition) is 1. The van der Waals surface area contributed by atoms with Crippen LogP contribution in [0.3, 0.4) is 0 Å². The average molecular weight is 112 g/mol. The Hall–Kier alpha value is 0.190. The zero-order valence-corrected chi connectivity index (χ0v) is 3.90. The second-order valence-electron chi connectivity index (χ2n) is 0.730. The molecule has 1 fully saturated rings. The molecule has 0 spiro atoms. The summed E-state index contributed by atoms with van der Waals surface area (Å²) in [6.07, 6.45) is 0. The van der Waals surface area contributed by atoms with Crippen molar-refractivity contribution in [1.29, 1.82) is 0 Å². The molecule has 1 heterocycles. The van der Waals surface area contributed by atoms with Crippen LogP contribution >= 0.6 is 11.2 Å². The quantitative estimate of drug-likeness (QED) is 0.399. The van der Waals surface area contributed by atoms with E-state index in [1.165, 1.54) is 7.11 Å². The minimum Gasteiger partial charge on any atom is -0.283 e. The highest BCUT2D eigenvalue weighted by molar-refractivity contribution is 8.20. The maximum absolute atomic E-state index is 8.35. The highest BCUT2D eigenvalue weighted by Crippen LogP contribution is 2.61. The van der Waals surface area contributed by atoms with E-state index < -0.39 is 11.2 Å². The highest BCUT2D eigenvalue weighted by atomic mass is 32.3. The molecule has 0 radical (unpaired) electrons. The van der Waals surface area contributed by atoms with Gasteiger partial charge >= 0.3 is 0 Å². The van der Waals surface area contributed by atoms with Crippen molar-refractivity contribution in [1.82, 2.24) is 0 Å². The third kappa shape index (κ3) is 0.636. The summed E-state index contributed by atoms with van der Waals surface area (Å²) in [5.41, 5.74) is 0. The molecule has 5 heteroatoms. The fourth-order valence-electron chi connectivity index (χ4n) is 0.0793. The topological polar surface area (TPSA) is 54.5 Å². The number of hydrogen-bond acceptors (Lipinski definition) is 4. The molecule has 38 valence electrons. The molecule has 0 aliphatic carbocycles. The van der Waals surface area contributed by atoms with Crippen LogP contribution in [0.2, 0.25) is 0 Å². The Bertz CT molecular complexity index is 58.6. The summed E-state index contributed by atoms with van der Waals surface area (Å²) in [4.78, 5) is 0. The summed E-state index contributed by atoms with van der Waals surface area (Å²) in [6, 6.07) is 0. The lowest BCUT2D eigenvalue weighted by atomic mass is 11.8. The van der Waals surface area contributed by atoms with Crippen molar-refractivity contribution < 1.29 is 17.4 Å². The molecule has 4 nitrogen and oxygen atoms in total. The first-order valence-electron chi connectivity index (χ1n) is 1.26. The van der Waals surface area contributed by atoms with Crippen molar-refractivity contribution in [3.05, 3.63) is 0 Å². The van der Waals surface area contributed by atoms with E-state index in [1.54, 1.807) is 0 Å². The van der Waals surface area contributed by atoms with E-state index in [0.717, 1.165) is 0 Å². The van der Waals surface area contributed by atoms with Crippen LogP contribution in [0, 0.1) is 0 Å². The molecule has 0 saturated carbocycles. The zero-order valence-electron chi connectivity index (χ0n) is 3.08. The Labute approximate surface area is 36.7 Å². The lowest BCUT2D eigenvalue weighted by Gasteiger charge is -1.92. The van der Waals surface area contributed by atoms with Gasteiger partial charge in [-0.25, -0.2) is 0 Å². The van der Waals surface area contributed by atoms with Gasteiger partial charge in [0.25, 0.3) is 11.2 Å². The molecule has 0 unspecified atom stereocenters. The summed E-state index contributed by atoms with van der Waals surface area (Å²) in [7, 11) is 1.31. The summed E-state index contributed by atoms with van der Waals surface area (Å²) in [5.74, 6) is 0. The van der Waals surface area contributed by atoms with Gasteiger partial charge in [-0.05, 0) is 0 Å². The highest BCUT2D eigenvalue weighted by Gasteiger charge is 2.42. The Morgan fingerprint density at radius 3 is 2.17 bits per heavy atom. The largest absolute Gasteiger partial charge is 0.283 e. The molecular formula is CH4O4S. The van der Waals surface area contributed by atoms with Crippen molar-refractivity contribution in [3.8, 4) is 0 Å². The zero-order chi connectivity index (χ0) is 4.62. The van der Waals surface area contributed by atoms with E-state index in [1.807, 2.05) is 0 Å². The predicted octanol–water partition coefficient (Wildman–Crippen LogP) is 0.617. The SMILES string of the molecule is COS1(O)OO1. The van der Waals surface area contributed by atoms with E-state index in [-0.39, 0.29) is 0 Å². The third-order valence-corrected chi connectivity index (χ3v) is 1.19. The Morgan fingerprint density at radius 1 is 1.67 bits per heavy atom. The van der Waals surface area contributed by atoms with E-state index >= 15 is 0 Å². The average Bonchev–Trinajstić information content (AvgIpc) is 2.22. The third-order valence-electron chi connectivity index (χ3n) is 0.395. The van der Waals surface area contributed by atoms with Gasteiger partial charge in [0, 0.05) is 0 Å². The summed E-state index contributed by atoms with van der Waals surface area (Å²) in [5, 5.41) is 0. The van der Waals surface area contributed by atoms with Gasteiger partial charge in [0.1, 0.15) is 0 Å². The first-order chi connectivity index (χ1) is 2.77. The fourth-order valence-corrected chi connectivity index (χ4v) is 0.381. The molecule has 6 heavy (non-hydrogen) atoms. The molecule has 0 aromatic carbocycles. The van der Waals surface area contributed by atoms with Gasteiger partial charge in [-0.2, -0.15) is 0 Å². The maximum atomic E-state index is 8.35. The normalized spacial score (nSPS) is 32.3. The van der Waals surface area contributed by atoms with Crippen LogP contribution in [0.15, 0.2) is 0 Å². The minimum absolute atomic E-state index is 1.31. The lowest BCUT2D eigenvalue weighted by Crippen LogP contribution is -1.75. The maximum Gasteiger partial charge on any atom is 0.280 e. The Balaban J connectivity index is 2.28. The summed E-state index contributed by atoms with van der Waals surface area (Å²) < 4.78 is 20.5. The second-order valence-corrected chi connectivity index (χ2v) is 2.19. The van der Waals surface area contributed by atoms with E-state index in [4.69, 9.17) is 4.55 Å². The van der Waals surface area contributed by atoms with Crippen molar-refractivity contribution >= 4 is 11.2 Å². The molecule has 0 atom stereocenters. The van der Waals surface area contributed by atoms with Crippen molar-refractivity contribution in [2.75, 3.05) is 7.11 Å². The van der Waals surface area contributed by atoms with E-state index in [2.05, 4.69) is 12.9 Å². The van der Waals surface area contributed by atoms with Crippen molar-refractivity contribution in [3.63, 3.8) is 0 Å². The van der Waals surface area contributed by atoms with Gasteiger partial charge in [-0.15, -0.1) is 0 Å². The summed E-state index contributed by atoms with van der Waals surface area (Å²) in [6.45, 7) is 0. The molecule has 1 N–H and O–H groups in total. The van der Waals surface area contributed by atoms with Gasteiger partial charge in [-0.1, -0.05) is 8.67 Å². The van der Waals surface area contributed by atoms with Gasteiger partial charge in [0.15, 0.2) is 0 Å². The fraction of sp³-hybridized carbons (Fsp3) is 1.00. The smallest absolute Gasteiger partial charge is 0.280 e. The van der Waals surface area contributed by atoms with Crippen LogP contribution in [-0.4, -0.2) is 11.7 Å². The second kappa shape index (κ2) is 1.08. The monoisotopic (exact) mass is 112 g/mol. The van der Waals surface area contributed by atoms with Crippen LogP contribution < -0.4 is 0 Å². The van der Waals surface area contributed by atoms with Gasteiger partial charge in [0.2, 0.25) is 0 Å². The molecule has 0 aromatic heterocycles. The van der Waals surface area contributed by atoms with Crippen LogP contribution in [-0.2, 0) is 12.9 Å². The van der Waals surface area contributed by atoms with Crippen LogP contribution in [0.1, 0.15) is 0 Å². The van der Waals surface area contributed by atoms with Gasteiger partial charge in [0.05, 0.1) is 7.11 Å². The molecule has 1 rings (SSSR count). The van der Waals surface area contributed by atoms with Crippen molar-refractivity contribution in [2.24, 2.45) is 0 Å². The van der Waals surface area contributed by atoms with Crippen LogP contribution in [0.5, 0.6) is 0 Å². The van der Waals surface area contributed by atoms with E-state index in [9.17, 15) is 0 Å². The molecule has 1 aliphatic rings. The molecular weight excluding hydrogens is 108 g/mol. The molecule has 1 aliphatic heterocycles. The minimum atomic E-state index is -2.41. The molecule has 1 saturated heterocycles. The first kappa shape index (κ1) is 4.35. The molecule has 0 amide bonds. The molecule has 0 aromatic rings. The lowest BCUT2D eigenvalue weighted by molar-refractivity contribution is 0.0850. The first-order valence-corrected chi connectivity index (χ1v) is 2.62. The predicted molar refractivity (Wildman–Crippen MR) is 19.4 cm³/mol. The number of rotatable bonds is 1. The van der Waals surface area contributed by atoms with Gasteiger partial charge in [-0.3, -0.25) is 8.74 Å². The van der Waals surface area contributed by atoms with Gasteiger partial charge < -0.3 is 0 Å². The Kier molecular flexibility index (Phi) is 0.782. The van der Waals surface area contributed by atoms with E-state index in [0.29, 0.717) is 0 Å². The Morgan fingerprint density at radius 2 is 2.17 bits per heavy atom. The van der Waals surface area contributed by atoms with Crippen molar-refractivity contribution in [2.45, 2.75) is 0 Å². The molecule has 0 bridgehead atoms. The summed E-state index contributed by atoms with van der Waals surface area (Å²) >= 11 is -2.41. The van der Waals surface area contributed by atoms with Crippen LogP contribution in [0.4, 0.5) is 0 Å².